The molecule has 0 bridgehead atoms. The number of hydrogen-bond donors (Lipinski definition) is 2. The maximum atomic E-state index is 10.9. The fourth-order valence-corrected chi connectivity index (χ4v) is 2.31. The van der Waals surface area contributed by atoms with Gasteiger partial charge in [0.2, 0.25) is 0 Å². The Morgan fingerprint density at radius 1 is 0.810 bits per heavy atom. The van der Waals surface area contributed by atoms with Crippen LogP contribution in [0.1, 0.15) is 84.0 Å². The van der Waals surface area contributed by atoms with Crippen molar-refractivity contribution in [2.45, 2.75) is 84.0 Å². The molecule has 0 saturated heterocycles. The third-order valence-corrected chi connectivity index (χ3v) is 3.60. The summed E-state index contributed by atoms with van der Waals surface area (Å²) in [6, 6.07) is 0. The van der Waals surface area contributed by atoms with Crippen molar-refractivity contribution < 1.29 is 19.8 Å². The molecule has 4 nitrogen and oxygen atoms in total. The van der Waals surface area contributed by atoms with Crippen molar-refractivity contribution in [1.29, 1.82) is 0 Å². The van der Waals surface area contributed by atoms with Crippen LogP contribution in [0.3, 0.4) is 0 Å². The summed E-state index contributed by atoms with van der Waals surface area (Å²) in [4.78, 5) is 21.4. The van der Waals surface area contributed by atoms with Gasteiger partial charge in [-0.25, -0.2) is 4.79 Å². The second kappa shape index (κ2) is 13.7. The van der Waals surface area contributed by atoms with Crippen molar-refractivity contribution in [3.8, 4) is 0 Å². The predicted octanol–water partition coefficient (Wildman–Crippen LogP) is 4.78. The highest BCUT2D eigenvalue weighted by molar-refractivity contribution is 5.87. The van der Waals surface area contributed by atoms with Crippen LogP contribution >= 0.6 is 0 Å². The van der Waals surface area contributed by atoms with Gasteiger partial charge in [0, 0.05) is 5.57 Å². The lowest BCUT2D eigenvalue weighted by atomic mass is 10.0. The fourth-order valence-electron chi connectivity index (χ4n) is 2.31. The van der Waals surface area contributed by atoms with Gasteiger partial charge in [0.05, 0.1) is 6.42 Å². The first-order valence-corrected chi connectivity index (χ1v) is 8.22. The molecule has 0 spiro atoms. The Hall–Kier alpha value is -1.32. The molecule has 21 heavy (non-hydrogen) atoms. The topological polar surface area (TPSA) is 74.6 Å². The van der Waals surface area contributed by atoms with E-state index in [1.807, 2.05) is 0 Å². The van der Waals surface area contributed by atoms with Gasteiger partial charge in [-0.2, -0.15) is 0 Å². The van der Waals surface area contributed by atoms with E-state index >= 15 is 0 Å². The van der Waals surface area contributed by atoms with Crippen LogP contribution in [-0.4, -0.2) is 22.2 Å². The van der Waals surface area contributed by atoms with Crippen LogP contribution in [-0.2, 0) is 9.59 Å². The van der Waals surface area contributed by atoms with Crippen molar-refractivity contribution in [1.82, 2.24) is 0 Å². The number of unbranched alkanes of at least 4 members (excludes halogenated alkanes) is 9. The van der Waals surface area contributed by atoms with Crippen LogP contribution < -0.4 is 0 Å². The molecule has 122 valence electrons. The van der Waals surface area contributed by atoms with Crippen LogP contribution in [0.5, 0.6) is 0 Å². The summed E-state index contributed by atoms with van der Waals surface area (Å²) in [5.41, 5.74) is 0.233. The summed E-state index contributed by atoms with van der Waals surface area (Å²) in [5.74, 6) is -1.98. The zero-order valence-corrected chi connectivity index (χ0v) is 13.3. The smallest absolute Gasteiger partial charge is 0.331 e. The Morgan fingerprint density at radius 2 is 1.29 bits per heavy atom. The number of carboxylic acid groups (broad SMARTS) is 2. The summed E-state index contributed by atoms with van der Waals surface area (Å²) in [6.07, 6.45) is 13.6. The van der Waals surface area contributed by atoms with Crippen LogP contribution in [0.4, 0.5) is 0 Å². The summed E-state index contributed by atoms with van der Waals surface area (Å²) in [6.45, 7) is 2.22. The van der Waals surface area contributed by atoms with E-state index in [1.165, 1.54) is 51.0 Å². The summed E-state index contributed by atoms with van der Waals surface area (Å²) < 4.78 is 0. The summed E-state index contributed by atoms with van der Waals surface area (Å²) >= 11 is 0. The Bertz CT molecular complexity index is 321. The molecule has 0 aliphatic carbocycles. The monoisotopic (exact) mass is 298 g/mol. The zero-order valence-electron chi connectivity index (χ0n) is 13.3. The van der Waals surface area contributed by atoms with Gasteiger partial charge in [0.1, 0.15) is 0 Å². The van der Waals surface area contributed by atoms with Crippen molar-refractivity contribution in [3.05, 3.63) is 11.6 Å². The minimum Gasteiger partial charge on any atom is -0.481 e. The van der Waals surface area contributed by atoms with Crippen LogP contribution in [0.2, 0.25) is 0 Å². The first-order valence-electron chi connectivity index (χ1n) is 8.22. The maximum absolute atomic E-state index is 10.9. The maximum Gasteiger partial charge on any atom is 0.331 e. The average molecular weight is 298 g/mol. The molecule has 0 unspecified atom stereocenters. The molecule has 0 aliphatic heterocycles. The van der Waals surface area contributed by atoms with Crippen molar-refractivity contribution in [3.63, 3.8) is 0 Å². The highest BCUT2D eigenvalue weighted by Gasteiger charge is 2.07. The molecule has 0 rings (SSSR count). The zero-order chi connectivity index (χ0) is 15.9. The Labute approximate surface area is 128 Å². The lowest BCUT2D eigenvalue weighted by Gasteiger charge is -2.03. The molecule has 0 aliphatic rings. The van der Waals surface area contributed by atoms with Gasteiger partial charge in [-0.05, 0) is 12.8 Å². The molecule has 0 saturated carbocycles. The summed E-state index contributed by atoms with van der Waals surface area (Å²) in [7, 11) is 0. The highest BCUT2D eigenvalue weighted by Crippen LogP contribution is 2.14. The predicted molar refractivity (Wildman–Crippen MR) is 84.4 cm³/mol. The van der Waals surface area contributed by atoms with Crippen molar-refractivity contribution in [2.24, 2.45) is 0 Å². The molecule has 2 N–H and O–H groups in total. The lowest BCUT2D eigenvalue weighted by molar-refractivity contribution is -0.136. The molecular weight excluding hydrogens is 268 g/mol. The number of aliphatic carboxylic acids is 2. The van der Waals surface area contributed by atoms with Gasteiger partial charge in [0.15, 0.2) is 0 Å². The third-order valence-electron chi connectivity index (χ3n) is 3.60. The molecule has 0 fully saturated rings. The second-order valence-electron chi connectivity index (χ2n) is 5.56. The first-order chi connectivity index (χ1) is 10.1. The lowest BCUT2D eigenvalue weighted by Crippen LogP contribution is -2.02. The first kappa shape index (κ1) is 19.7. The normalized spacial score (nSPS) is 11.6. The van der Waals surface area contributed by atoms with E-state index in [2.05, 4.69) is 6.92 Å². The Morgan fingerprint density at radius 3 is 1.71 bits per heavy atom. The van der Waals surface area contributed by atoms with Crippen LogP contribution in [0.15, 0.2) is 11.6 Å². The van der Waals surface area contributed by atoms with E-state index in [9.17, 15) is 9.59 Å². The largest absolute Gasteiger partial charge is 0.481 e. The molecule has 0 aromatic heterocycles. The Balaban J connectivity index is 3.57. The number of carbonyl (C=O) groups is 2. The molecule has 4 heteroatoms. The molecule has 0 amide bonds. The van der Waals surface area contributed by atoms with Gasteiger partial charge in [0.25, 0.3) is 0 Å². The van der Waals surface area contributed by atoms with E-state index in [1.54, 1.807) is 0 Å². The standard InChI is InChI=1S/C17H30O4/c1-2-3-4-5-6-7-8-9-10-11-12-15(17(20)21)13-14-16(18)19/h13H,2-12,14H2,1H3,(H,18,19)(H,20,21). The van der Waals surface area contributed by atoms with Gasteiger partial charge in [-0.1, -0.05) is 70.8 Å². The van der Waals surface area contributed by atoms with Gasteiger partial charge in [-0.15, -0.1) is 0 Å². The number of hydrogen-bond acceptors (Lipinski definition) is 2. The fraction of sp³-hybridized carbons (Fsp3) is 0.765. The average Bonchev–Trinajstić information content (AvgIpc) is 2.43. The molecular formula is C17H30O4. The van der Waals surface area contributed by atoms with E-state index in [-0.39, 0.29) is 12.0 Å². The molecule has 0 atom stereocenters. The minimum absolute atomic E-state index is 0.209. The number of rotatable bonds is 14. The molecule has 0 aromatic carbocycles. The van der Waals surface area contributed by atoms with E-state index in [0.29, 0.717) is 6.42 Å². The Kier molecular flexibility index (Phi) is 12.8. The molecule has 0 radical (unpaired) electrons. The third kappa shape index (κ3) is 13.4. The van der Waals surface area contributed by atoms with E-state index in [0.717, 1.165) is 19.3 Å². The van der Waals surface area contributed by atoms with Crippen LogP contribution in [0, 0.1) is 0 Å². The molecule has 0 heterocycles. The van der Waals surface area contributed by atoms with E-state index < -0.39 is 11.9 Å². The quantitative estimate of drug-likeness (QED) is 0.357. The van der Waals surface area contributed by atoms with Crippen molar-refractivity contribution >= 4 is 11.9 Å². The van der Waals surface area contributed by atoms with Gasteiger partial charge >= 0.3 is 11.9 Å². The minimum atomic E-state index is -0.993. The highest BCUT2D eigenvalue weighted by atomic mass is 16.4. The van der Waals surface area contributed by atoms with Crippen molar-refractivity contribution in [2.75, 3.05) is 0 Å². The SMILES string of the molecule is CCCCCCCCCCCCC(=CCC(=O)O)C(=O)O. The number of carboxylic acids is 2. The van der Waals surface area contributed by atoms with E-state index in [4.69, 9.17) is 10.2 Å². The summed E-state index contributed by atoms with van der Waals surface area (Å²) in [5, 5.41) is 17.5. The van der Waals surface area contributed by atoms with Gasteiger partial charge < -0.3 is 10.2 Å². The van der Waals surface area contributed by atoms with Crippen LogP contribution in [0.25, 0.3) is 0 Å². The van der Waals surface area contributed by atoms with Gasteiger partial charge in [-0.3, -0.25) is 4.79 Å². The second-order valence-corrected chi connectivity index (χ2v) is 5.56. The molecule has 0 aromatic rings.